The molecule has 1 amide bonds. The maximum atomic E-state index is 12.5. The molecule has 1 aliphatic heterocycles. The Balaban J connectivity index is 1.58. The van der Waals surface area contributed by atoms with Crippen LogP contribution in [0.15, 0.2) is 42.5 Å². The van der Waals surface area contributed by atoms with E-state index in [2.05, 4.69) is 10.2 Å². The van der Waals surface area contributed by atoms with Crippen LogP contribution in [0, 0.1) is 0 Å². The van der Waals surface area contributed by atoms with Gasteiger partial charge in [0.15, 0.2) is 16.6 Å². The summed E-state index contributed by atoms with van der Waals surface area (Å²) in [5, 5.41) is 13.2. The van der Waals surface area contributed by atoms with Gasteiger partial charge >= 0.3 is 0 Å². The molecule has 1 saturated heterocycles. The zero-order chi connectivity index (χ0) is 20.1. The van der Waals surface area contributed by atoms with Crippen molar-refractivity contribution in [2.75, 3.05) is 45.3 Å². The van der Waals surface area contributed by atoms with Crippen molar-refractivity contribution in [1.29, 1.82) is 0 Å². The van der Waals surface area contributed by atoms with Crippen molar-refractivity contribution in [2.45, 2.75) is 0 Å². The highest BCUT2D eigenvalue weighted by molar-refractivity contribution is 7.80. The zero-order valence-corrected chi connectivity index (χ0v) is 16.7. The summed E-state index contributed by atoms with van der Waals surface area (Å²) in [5.41, 5.74) is 1.25. The van der Waals surface area contributed by atoms with Gasteiger partial charge in [0, 0.05) is 31.7 Å². The van der Waals surface area contributed by atoms with Crippen molar-refractivity contribution in [3.63, 3.8) is 0 Å². The number of methoxy groups -OCH3 is 2. The molecule has 1 aliphatic rings. The van der Waals surface area contributed by atoms with Crippen molar-refractivity contribution >= 4 is 28.9 Å². The van der Waals surface area contributed by atoms with E-state index in [9.17, 15) is 9.90 Å². The molecule has 0 aliphatic carbocycles. The number of nitrogens with zero attached hydrogens (tertiary/aromatic N) is 2. The molecule has 2 aromatic rings. The van der Waals surface area contributed by atoms with Gasteiger partial charge in [-0.2, -0.15) is 0 Å². The Hall–Kier alpha value is -3.00. The molecule has 7 nitrogen and oxygen atoms in total. The van der Waals surface area contributed by atoms with Crippen LogP contribution in [0.1, 0.15) is 10.4 Å². The molecule has 1 fully saturated rings. The van der Waals surface area contributed by atoms with Gasteiger partial charge in [-0.05, 0) is 42.5 Å². The van der Waals surface area contributed by atoms with E-state index in [-0.39, 0.29) is 11.7 Å². The summed E-state index contributed by atoms with van der Waals surface area (Å²) in [6, 6.07) is 12.2. The summed E-state index contributed by atoms with van der Waals surface area (Å²) >= 11 is 5.41. The number of ether oxygens (including phenoxy) is 2. The molecule has 0 saturated carbocycles. The van der Waals surface area contributed by atoms with E-state index in [0.29, 0.717) is 48.4 Å². The van der Waals surface area contributed by atoms with Crippen molar-refractivity contribution in [1.82, 2.24) is 10.2 Å². The smallest absolute Gasteiger partial charge is 0.257 e. The van der Waals surface area contributed by atoms with E-state index in [1.54, 1.807) is 37.4 Å². The highest BCUT2D eigenvalue weighted by Crippen LogP contribution is 2.28. The average Bonchev–Trinajstić information content (AvgIpc) is 2.73. The molecule has 0 radical (unpaired) electrons. The van der Waals surface area contributed by atoms with Crippen molar-refractivity contribution in [3.05, 3.63) is 48.0 Å². The molecular weight excluding hydrogens is 378 g/mol. The molecule has 148 valence electrons. The van der Waals surface area contributed by atoms with Crippen LogP contribution in [0.5, 0.6) is 17.2 Å². The quantitative estimate of drug-likeness (QED) is 0.761. The first-order chi connectivity index (χ1) is 13.5. The Morgan fingerprint density at radius 3 is 2.36 bits per heavy atom. The Labute approximate surface area is 169 Å². The Kier molecular flexibility index (Phi) is 6.20. The maximum absolute atomic E-state index is 12.5. The number of rotatable bonds is 4. The number of carbonyl (C=O) groups excluding carboxylic acids is 1. The predicted octanol–water partition coefficient (Wildman–Crippen LogP) is 2.25. The minimum Gasteiger partial charge on any atom is -0.506 e. The number of amides is 1. The number of aromatic hydroxyl groups is 1. The third kappa shape index (κ3) is 4.28. The van der Waals surface area contributed by atoms with Gasteiger partial charge in [-0.25, -0.2) is 0 Å². The van der Waals surface area contributed by atoms with Gasteiger partial charge in [0.2, 0.25) is 0 Å². The summed E-state index contributed by atoms with van der Waals surface area (Å²) in [4.78, 5) is 16.6. The first kappa shape index (κ1) is 19.8. The molecule has 2 N–H and O–H groups in total. The van der Waals surface area contributed by atoms with E-state index < -0.39 is 0 Å². The van der Waals surface area contributed by atoms with E-state index in [4.69, 9.17) is 21.7 Å². The topological polar surface area (TPSA) is 74.3 Å². The van der Waals surface area contributed by atoms with Crippen LogP contribution in [-0.2, 0) is 0 Å². The number of phenols is 1. The standard InChI is InChI=1S/C20H23N3O4S/c1-26-17-8-7-14(13-18(17)27-2)19(25)21-20(28)23-11-9-22(10-12-23)15-5-3-4-6-16(15)24/h3-8,13,24H,9-12H2,1-2H3,(H,21,25,28). The number of piperazine rings is 1. The lowest BCUT2D eigenvalue weighted by Crippen LogP contribution is -2.52. The summed E-state index contributed by atoms with van der Waals surface area (Å²) < 4.78 is 10.4. The number of phenolic OH excluding ortho intramolecular Hbond substituents is 1. The fourth-order valence-electron chi connectivity index (χ4n) is 3.11. The summed E-state index contributed by atoms with van der Waals surface area (Å²) in [6.07, 6.45) is 0. The van der Waals surface area contributed by atoms with Crippen molar-refractivity contribution in [2.24, 2.45) is 0 Å². The molecule has 2 aromatic carbocycles. The van der Waals surface area contributed by atoms with Gasteiger partial charge in [0.25, 0.3) is 5.91 Å². The van der Waals surface area contributed by atoms with Gasteiger partial charge in [-0.3, -0.25) is 10.1 Å². The van der Waals surface area contributed by atoms with Crippen LogP contribution in [0.3, 0.4) is 0 Å². The fraction of sp³-hybridized carbons (Fsp3) is 0.300. The number of hydrogen-bond donors (Lipinski definition) is 2. The lowest BCUT2D eigenvalue weighted by Gasteiger charge is -2.37. The molecule has 0 atom stereocenters. The fourth-order valence-corrected chi connectivity index (χ4v) is 3.38. The molecule has 28 heavy (non-hydrogen) atoms. The Bertz CT molecular complexity index is 866. The lowest BCUT2D eigenvalue weighted by molar-refractivity contribution is 0.0972. The van der Waals surface area contributed by atoms with Crippen LogP contribution < -0.4 is 19.7 Å². The maximum Gasteiger partial charge on any atom is 0.257 e. The van der Waals surface area contributed by atoms with Crippen LogP contribution in [-0.4, -0.2) is 61.4 Å². The monoisotopic (exact) mass is 401 g/mol. The van der Waals surface area contributed by atoms with Crippen LogP contribution in [0.25, 0.3) is 0 Å². The predicted molar refractivity (Wildman–Crippen MR) is 112 cm³/mol. The second-order valence-electron chi connectivity index (χ2n) is 6.29. The van der Waals surface area contributed by atoms with Gasteiger partial charge in [-0.15, -0.1) is 0 Å². The number of nitrogens with one attached hydrogen (secondary N) is 1. The molecule has 0 spiro atoms. The second-order valence-corrected chi connectivity index (χ2v) is 6.68. The van der Waals surface area contributed by atoms with Gasteiger partial charge in [0.1, 0.15) is 5.75 Å². The molecule has 0 aromatic heterocycles. The molecule has 1 heterocycles. The third-order valence-electron chi connectivity index (χ3n) is 4.66. The largest absolute Gasteiger partial charge is 0.506 e. The number of carbonyl (C=O) groups is 1. The average molecular weight is 401 g/mol. The lowest BCUT2D eigenvalue weighted by atomic mass is 10.2. The number of para-hydroxylation sites is 2. The third-order valence-corrected chi connectivity index (χ3v) is 5.02. The highest BCUT2D eigenvalue weighted by Gasteiger charge is 2.22. The van der Waals surface area contributed by atoms with Crippen molar-refractivity contribution < 1.29 is 19.4 Å². The van der Waals surface area contributed by atoms with Gasteiger partial charge in [0.05, 0.1) is 19.9 Å². The summed E-state index contributed by atoms with van der Waals surface area (Å²) in [7, 11) is 3.07. The molecule has 0 unspecified atom stereocenters. The van der Waals surface area contributed by atoms with Crippen LogP contribution in [0.2, 0.25) is 0 Å². The first-order valence-electron chi connectivity index (χ1n) is 8.88. The van der Waals surface area contributed by atoms with Crippen molar-refractivity contribution in [3.8, 4) is 17.2 Å². The highest BCUT2D eigenvalue weighted by atomic mass is 32.1. The van der Waals surface area contributed by atoms with Crippen LogP contribution >= 0.6 is 12.2 Å². The van der Waals surface area contributed by atoms with E-state index in [1.807, 2.05) is 17.0 Å². The second kappa shape index (κ2) is 8.79. The number of thiocarbonyl (C=S) groups is 1. The van der Waals surface area contributed by atoms with Crippen LogP contribution in [0.4, 0.5) is 5.69 Å². The zero-order valence-electron chi connectivity index (χ0n) is 15.8. The number of benzene rings is 2. The molecule has 3 rings (SSSR count). The van der Waals surface area contributed by atoms with Gasteiger partial charge in [-0.1, -0.05) is 12.1 Å². The SMILES string of the molecule is COc1ccc(C(=O)NC(=S)N2CCN(c3ccccc3O)CC2)cc1OC. The summed E-state index contributed by atoms with van der Waals surface area (Å²) in [6.45, 7) is 2.70. The Morgan fingerprint density at radius 2 is 1.71 bits per heavy atom. The first-order valence-corrected chi connectivity index (χ1v) is 9.29. The normalized spacial score (nSPS) is 13.8. The minimum absolute atomic E-state index is 0.264. The van der Waals surface area contributed by atoms with E-state index >= 15 is 0 Å². The van der Waals surface area contributed by atoms with Gasteiger partial charge < -0.3 is 24.4 Å². The van der Waals surface area contributed by atoms with E-state index in [1.165, 1.54) is 7.11 Å². The molecule has 0 bridgehead atoms. The summed E-state index contributed by atoms with van der Waals surface area (Å²) in [5.74, 6) is 1.01. The number of anilines is 1. The molecular formula is C20H23N3O4S. The van der Waals surface area contributed by atoms with E-state index in [0.717, 1.165) is 5.69 Å². The minimum atomic E-state index is -0.297. The number of hydrogen-bond acceptors (Lipinski definition) is 6. The molecule has 8 heteroatoms. The Morgan fingerprint density at radius 1 is 1.04 bits per heavy atom.